The molecule has 0 spiro atoms. The molecule has 0 aliphatic heterocycles. The van der Waals surface area contributed by atoms with Crippen molar-refractivity contribution in [2.45, 2.75) is 89.5 Å². The second kappa shape index (κ2) is 72.6. The van der Waals surface area contributed by atoms with E-state index in [0.717, 1.165) is 11.8 Å². The predicted molar refractivity (Wildman–Crippen MR) is 91.2 cm³/mol. The van der Waals surface area contributed by atoms with E-state index in [1.54, 1.807) is 0 Å². The Labute approximate surface area is 119 Å². The van der Waals surface area contributed by atoms with Gasteiger partial charge in [-0.15, -0.1) is 0 Å². The zero-order valence-electron chi connectivity index (χ0n) is 15.0. The lowest BCUT2D eigenvalue weighted by Gasteiger charge is -1.79. The van der Waals surface area contributed by atoms with Gasteiger partial charge in [0.15, 0.2) is 0 Å². The van der Waals surface area contributed by atoms with Crippen molar-refractivity contribution in [1.29, 1.82) is 0 Å². The third-order valence-electron chi connectivity index (χ3n) is 0. The molecule has 0 amide bonds. The van der Waals surface area contributed by atoms with Gasteiger partial charge in [-0.05, 0) is 11.8 Å². The topological polar surface area (TPSA) is 0 Å². The summed E-state index contributed by atoms with van der Waals surface area (Å²) >= 11 is 0. The molecule has 0 rings (SSSR count). The average Bonchev–Trinajstić information content (AvgIpc) is 2.09. The largest absolute Gasteiger partial charge is 0.0683 e. The second-order valence-electron chi connectivity index (χ2n) is 4.17. The third-order valence-corrected chi connectivity index (χ3v) is 0. The van der Waals surface area contributed by atoms with Gasteiger partial charge in [-0.2, -0.15) is 0 Å². The van der Waals surface area contributed by atoms with Crippen molar-refractivity contribution in [3.8, 4) is 0 Å². The monoisotopic (exact) mass is 242 g/mol. The zero-order chi connectivity index (χ0) is 13.9. The van der Waals surface area contributed by atoms with E-state index < -0.39 is 0 Å². The van der Waals surface area contributed by atoms with Crippen LogP contribution in [-0.4, -0.2) is 16.8 Å². The lowest BCUT2D eigenvalue weighted by atomic mass is 10.3. The molecule has 0 aromatic heterocycles. The van der Waals surface area contributed by atoms with E-state index in [1.807, 2.05) is 27.7 Å². The molecule has 17 heavy (non-hydrogen) atoms. The standard InChI is InChI=1S/2C4H10.C3H8.2C2H6.2B/c2*1-4(2)3;1-3-2;2*1-2;;/h2*4H,1-3H3;3H2,1-2H3;2*1-2H3;;. The summed E-state index contributed by atoms with van der Waals surface area (Å²) in [5.41, 5.74) is 0. The van der Waals surface area contributed by atoms with Crippen molar-refractivity contribution < 1.29 is 0 Å². The van der Waals surface area contributed by atoms with E-state index in [1.165, 1.54) is 6.42 Å². The first-order valence-corrected chi connectivity index (χ1v) is 6.88. The molecule has 106 valence electrons. The van der Waals surface area contributed by atoms with Crippen LogP contribution >= 0.6 is 0 Å². The van der Waals surface area contributed by atoms with E-state index >= 15 is 0 Å². The van der Waals surface area contributed by atoms with Crippen molar-refractivity contribution in [3.05, 3.63) is 0 Å². The van der Waals surface area contributed by atoms with Crippen molar-refractivity contribution in [3.63, 3.8) is 0 Å². The molecular weight excluding hydrogens is 202 g/mol. The van der Waals surface area contributed by atoms with Crippen LogP contribution in [0.15, 0.2) is 0 Å². The summed E-state index contributed by atoms with van der Waals surface area (Å²) in [7, 11) is 0. The number of hydrogen-bond donors (Lipinski definition) is 0. The van der Waals surface area contributed by atoms with Gasteiger partial charge in [0.2, 0.25) is 0 Å². The Morgan fingerprint density at radius 2 is 0.529 bits per heavy atom. The molecule has 0 aliphatic carbocycles. The van der Waals surface area contributed by atoms with Crippen molar-refractivity contribution >= 4 is 16.8 Å². The van der Waals surface area contributed by atoms with Crippen LogP contribution in [0.4, 0.5) is 0 Å². The van der Waals surface area contributed by atoms with Crippen LogP contribution in [0.25, 0.3) is 0 Å². The first kappa shape index (κ1) is 43.4. The Balaban J connectivity index is -0.0000000148. The lowest BCUT2D eigenvalue weighted by Crippen LogP contribution is -1.66. The summed E-state index contributed by atoms with van der Waals surface area (Å²) in [5.74, 6) is 1.67. The Morgan fingerprint density at radius 1 is 0.529 bits per heavy atom. The van der Waals surface area contributed by atoms with Crippen LogP contribution < -0.4 is 0 Å². The van der Waals surface area contributed by atoms with E-state index in [4.69, 9.17) is 0 Å². The van der Waals surface area contributed by atoms with E-state index in [9.17, 15) is 0 Å². The number of hydrogen-bond acceptors (Lipinski definition) is 0. The van der Waals surface area contributed by atoms with Crippen LogP contribution in [0.3, 0.4) is 0 Å². The molecule has 6 radical (unpaired) electrons. The van der Waals surface area contributed by atoms with Gasteiger partial charge >= 0.3 is 0 Å². The molecule has 0 saturated carbocycles. The first-order chi connectivity index (χ1) is 6.88. The second-order valence-corrected chi connectivity index (χ2v) is 4.17. The Bertz CT molecular complexity index is 32.7. The molecule has 2 heteroatoms. The highest BCUT2D eigenvalue weighted by molar-refractivity contribution is 5.76. The Morgan fingerprint density at radius 3 is 0.529 bits per heavy atom. The van der Waals surface area contributed by atoms with Crippen LogP contribution in [0, 0.1) is 11.8 Å². The van der Waals surface area contributed by atoms with E-state index in [-0.39, 0.29) is 16.8 Å². The molecule has 0 nitrogen and oxygen atoms in total. The molecule has 0 heterocycles. The summed E-state index contributed by atoms with van der Waals surface area (Å²) in [4.78, 5) is 0. The molecule has 0 N–H and O–H groups in total. The molecule has 0 atom stereocenters. The van der Waals surface area contributed by atoms with Gasteiger partial charge in [0.25, 0.3) is 0 Å². The summed E-state index contributed by atoms with van der Waals surface area (Å²) < 4.78 is 0. The minimum atomic E-state index is 0. The zero-order valence-corrected chi connectivity index (χ0v) is 15.0. The van der Waals surface area contributed by atoms with Gasteiger partial charge in [-0.3, -0.25) is 0 Å². The molecule has 0 aromatic carbocycles. The molecular formula is C15H40B2. The summed E-state index contributed by atoms with van der Waals surface area (Å²) in [5, 5.41) is 0. The lowest BCUT2D eigenvalue weighted by molar-refractivity contribution is 0.736. The van der Waals surface area contributed by atoms with Crippen molar-refractivity contribution in [2.75, 3.05) is 0 Å². The van der Waals surface area contributed by atoms with Crippen LogP contribution in [0.2, 0.25) is 0 Å². The molecule has 0 aliphatic rings. The highest BCUT2D eigenvalue weighted by Crippen LogP contribution is 1.81. The van der Waals surface area contributed by atoms with Gasteiger partial charge in [0.05, 0.1) is 0 Å². The maximum atomic E-state index is 2.17. The molecule has 0 saturated heterocycles. The fourth-order valence-corrected chi connectivity index (χ4v) is 0. The van der Waals surface area contributed by atoms with Crippen molar-refractivity contribution in [1.82, 2.24) is 0 Å². The van der Waals surface area contributed by atoms with E-state index in [0.29, 0.717) is 0 Å². The van der Waals surface area contributed by atoms with Crippen LogP contribution in [-0.2, 0) is 0 Å². The molecule has 0 fully saturated rings. The van der Waals surface area contributed by atoms with Gasteiger partial charge in [0, 0.05) is 16.8 Å². The third kappa shape index (κ3) is 191000. The van der Waals surface area contributed by atoms with Crippen LogP contribution in [0.1, 0.15) is 89.5 Å². The minimum absolute atomic E-state index is 0. The SMILES string of the molecule is CC.CC.CC(C)C.CC(C)C.CCC.[B].[B]. The average molecular weight is 242 g/mol. The predicted octanol–water partition coefficient (Wildman–Crippen LogP) is 6.03. The quantitative estimate of drug-likeness (QED) is 0.455. The number of rotatable bonds is 0. The van der Waals surface area contributed by atoms with E-state index in [2.05, 4.69) is 55.4 Å². The summed E-state index contributed by atoms with van der Waals surface area (Å²) in [6.45, 7) is 25.2. The highest BCUT2D eigenvalue weighted by Gasteiger charge is 1.68. The minimum Gasteiger partial charge on any atom is -0.0683 e. The fraction of sp³-hybridized carbons (Fsp3) is 1.00. The smallest absolute Gasteiger partial charge is 0 e. The normalized spacial score (nSPS) is 6.00. The summed E-state index contributed by atoms with van der Waals surface area (Å²) in [6, 6.07) is 0. The van der Waals surface area contributed by atoms with Gasteiger partial charge in [-0.25, -0.2) is 0 Å². The maximum absolute atomic E-state index is 2.17. The molecule has 0 aromatic rings. The maximum Gasteiger partial charge on any atom is 0 e. The first-order valence-electron chi connectivity index (χ1n) is 6.88. The van der Waals surface area contributed by atoms with Gasteiger partial charge in [0.1, 0.15) is 0 Å². The van der Waals surface area contributed by atoms with Gasteiger partial charge in [-0.1, -0.05) is 89.5 Å². The van der Waals surface area contributed by atoms with Gasteiger partial charge < -0.3 is 0 Å². The molecule has 0 unspecified atom stereocenters. The highest BCUT2D eigenvalue weighted by atomic mass is 13.7. The Kier molecular flexibility index (Phi) is 186. The fourth-order valence-electron chi connectivity index (χ4n) is 0. The Hall–Kier alpha value is 0.130. The molecule has 0 bridgehead atoms. The van der Waals surface area contributed by atoms with Crippen molar-refractivity contribution in [2.24, 2.45) is 11.8 Å². The van der Waals surface area contributed by atoms with Crippen LogP contribution in [0.5, 0.6) is 0 Å². The summed E-state index contributed by atoms with van der Waals surface area (Å²) in [6.07, 6.45) is 1.25.